The molecule has 2 N–H and O–H groups in total. The number of hydrogen-bond donors (Lipinski definition) is 1. The van der Waals surface area contributed by atoms with Gasteiger partial charge in [-0.3, -0.25) is 9.80 Å². The third kappa shape index (κ3) is 1.91. The normalized spacial score (nSPS) is 12.7. The first kappa shape index (κ1) is 11.7. The minimum atomic E-state index is -0.226. The molecule has 1 atom stereocenters. The summed E-state index contributed by atoms with van der Waals surface area (Å²) < 4.78 is 2.03. The molecule has 1 amide bonds. The Hall–Kier alpha value is -1.81. The molecule has 1 unspecified atom stereocenters. The van der Waals surface area contributed by atoms with Gasteiger partial charge >= 0.3 is 0 Å². The number of hydrazine groups is 1. The lowest BCUT2D eigenvalue weighted by molar-refractivity contribution is -0.131. The van der Waals surface area contributed by atoms with Gasteiger partial charge in [0.05, 0.1) is 5.92 Å². The first-order valence-electron chi connectivity index (χ1n) is 5.58. The summed E-state index contributed by atoms with van der Waals surface area (Å²) in [6, 6.07) is 8.05. The Kier molecular flexibility index (Phi) is 2.90. The molecule has 0 radical (unpaired) electrons. The number of aromatic nitrogens is 1. The van der Waals surface area contributed by atoms with E-state index in [-0.39, 0.29) is 11.8 Å². The number of nitrogens with zero attached hydrogens (tertiary/aromatic N) is 2. The summed E-state index contributed by atoms with van der Waals surface area (Å²) in [5, 5.41) is 2.25. The Morgan fingerprint density at radius 3 is 2.71 bits per heavy atom. The molecule has 4 nitrogen and oxygen atoms in total. The number of para-hydroxylation sites is 1. The quantitative estimate of drug-likeness (QED) is 0.485. The maximum absolute atomic E-state index is 11.9. The second-order valence-corrected chi connectivity index (χ2v) is 4.38. The van der Waals surface area contributed by atoms with Gasteiger partial charge in [-0.15, -0.1) is 0 Å². The Balaban J connectivity index is 2.53. The first-order chi connectivity index (χ1) is 8.02. The van der Waals surface area contributed by atoms with Gasteiger partial charge in [0, 0.05) is 31.2 Å². The van der Waals surface area contributed by atoms with Gasteiger partial charge in [-0.1, -0.05) is 18.2 Å². The van der Waals surface area contributed by atoms with Gasteiger partial charge in [-0.2, -0.15) is 0 Å². The summed E-state index contributed by atoms with van der Waals surface area (Å²) in [6.07, 6.45) is 2.00. The molecule has 17 heavy (non-hydrogen) atoms. The number of carbonyl (C=O) groups excluding carboxylic acids is 1. The van der Waals surface area contributed by atoms with E-state index in [0.717, 1.165) is 21.5 Å². The Morgan fingerprint density at radius 1 is 1.41 bits per heavy atom. The van der Waals surface area contributed by atoms with Crippen molar-refractivity contribution in [3.05, 3.63) is 36.0 Å². The zero-order valence-electron chi connectivity index (χ0n) is 10.3. The monoisotopic (exact) mass is 231 g/mol. The van der Waals surface area contributed by atoms with E-state index in [0.29, 0.717) is 0 Å². The van der Waals surface area contributed by atoms with Crippen molar-refractivity contribution >= 4 is 16.8 Å². The average Bonchev–Trinajstić information content (AvgIpc) is 2.65. The second-order valence-electron chi connectivity index (χ2n) is 4.38. The fourth-order valence-electron chi connectivity index (χ4n) is 2.16. The van der Waals surface area contributed by atoms with Crippen molar-refractivity contribution in [3.8, 4) is 0 Å². The van der Waals surface area contributed by atoms with Crippen molar-refractivity contribution < 1.29 is 4.79 Å². The number of carbonyl (C=O) groups is 1. The van der Waals surface area contributed by atoms with Gasteiger partial charge < -0.3 is 4.57 Å². The molecule has 2 rings (SSSR count). The molecule has 0 spiro atoms. The molecular weight excluding hydrogens is 214 g/mol. The molecule has 0 aliphatic rings. The summed E-state index contributed by atoms with van der Waals surface area (Å²) in [4.78, 5) is 11.9. The molecule has 0 saturated heterocycles. The lowest BCUT2D eigenvalue weighted by Gasteiger charge is -2.15. The van der Waals surface area contributed by atoms with Crippen LogP contribution in [0.5, 0.6) is 0 Å². The van der Waals surface area contributed by atoms with Crippen molar-refractivity contribution in [1.82, 2.24) is 9.58 Å². The first-order valence-corrected chi connectivity index (χ1v) is 5.58. The van der Waals surface area contributed by atoms with Crippen LogP contribution in [0.3, 0.4) is 0 Å². The molecule has 4 heteroatoms. The molecule has 90 valence electrons. The van der Waals surface area contributed by atoms with E-state index < -0.39 is 0 Å². The minimum absolute atomic E-state index is 0.0821. The highest BCUT2D eigenvalue weighted by molar-refractivity contribution is 5.91. The number of fused-ring (bicyclic) bond motifs is 1. The van der Waals surface area contributed by atoms with E-state index in [1.165, 1.54) is 0 Å². The predicted octanol–water partition coefficient (Wildman–Crippen LogP) is 1.61. The van der Waals surface area contributed by atoms with Crippen molar-refractivity contribution in [2.24, 2.45) is 12.9 Å². The van der Waals surface area contributed by atoms with Crippen LogP contribution in [0.4, 0.5) is 0 Å². The summed E-state index contributed by atoms with van der Waals surface area (Å²) in [5.41, 5.74) is 2.15. The van der Waals surface area contributed by atoms with Crippen LogP contribution >= 0.6 is 0 Å². The fourth-order valence-corrected chi connectivity index (χ4v) is 2.16. The number of hydrogen-bond acceptors (Lipinski definition) is 2. The van der Waals surface area contributed by atoms with Gasteiger partial charge in [0.15, 0.2) is 0 Å². The maximum Gasteiger partial charge on any atom is 0.243 e. The van der Waals surface area contributed by atoms with E-state index in [9.17, 15) is 4.79 Å². The van der Waals surface area contributed by atoms with E-state index in [2.05, 4.69) is 0 Å². The summed E-state index contributed by atoms with van der Waals surface area (Å²) >= 11 is 0. The SMILES string of the molecule is CC(C(=O)N(C)N)c1cn(C)c2ccccc12. The van der Waals surface area contributed by atoms with Gasteiger partial charge in [-0.25, -0.2) is 5.84 Å². The van der Waals surface area contributed by atoms with E-state index in [4.69, 9.17) is 5.84 Å². The summed E-state index contributed by atoms with van der Waals surface area (Å²) in [7, 11) is 3.55. The second kappa shape index (κ2) is 4.22. The van der Waals surface area contributed by atoms with Crippen LogP contribution < -0.4 is 5.84 Å². The molecule has 2 aromatic rings. The molecular formula is C13H17N3O. The maximum atomic E-state index is 11.9. The van der Waals surface area contributed by atoms with Gasteiger partial charge in [-0.05, 0) is 18.6 Å². The van der Waals surface area contributed by atoms with Crippen LogP contribution in [0, 0.1) is 0 Å². The summed E-state index contributed by atoms with van der Waals surface area (Å²) in [6.45, 7) is 1.88. The van der Waals surface area contributed by atoms with Crippen LogP contribution in [0.25, 0.3) is 10.9 Å². The fraction of sp³-hybridized carbons (Fsp3) is 0.308. The van der Waals surface area contributed by atoms with E-state index in [1.54, 1.807) is 7.05 Å². The zero-order valence-corrected chi connectivity index (χ0v) is 10.3. The highest BCUT2D eigenvalue weighted by atomic mass is 16.2. The molecule has 0 saturated carbocycles. The van der Waals surface area contributed by atoms with Crippen LogP contribution in [0.15, 0.2) is 30.5 Å². The number of nitrogens with two attached hydrogens (primary N) is 1. The Bertz CT molecular complexity index is 557. The van der Waals surface area contributed by atoms with Gasteiger partial charge in [0.2, 0.25) is 5.91 Å². The molecule has 0 fully saturated rings. The van der Waals surface area contributed by atoms with Crippen molar-refractivity contribution in [2.45, 2.75) is 12.8 Å². The lowest BCUT2D eigenvalue weighted by Crippen LogP contribution is -2.36. The standard InChI is InChI=1S/C13H17N3O/c1-9(13(17)16(3)14)11-8-15(2)12-7-5-4-6-10(11)12/h4-9H,14H2,1-3H3. The Labute approximate surface area is 101 Å². The Morgan fingerprint density at radius 2 is 2.06 bits per heavy atom. The van der Waals surface area contributed by atoms with Crippen LogP contribution in [0.2, 0.25) is 0 Å². The lowest BCUT2D eigenvalue weighted by atomic mass is 10.00. The smallest absolute Gasteiger partial charge is 0.243 e. The number of benzene rings is 1. The average molecular weight is 231 g/mol. The number of aryl methyl sites for hydroxylation is 1. The topological polar surface area (TPSA) is 51.3 Å². The molecule has 0 aliphatic heterocycles. The molecule has 0 aliphatic carbocycles. The van der Waals surface area contributed by atoms with Crippen molar-refractivity contribution in [1.29, 1.82) is 0 Å². The van der Waals surface area contributed by atoms with Crippen LogP contribution in [0.1, 0.15) is 18.4 Å². The predicted molar refractivity (Wildman–Crippen MR) is 68.3 cm³/mol. The van der Waals surface area contributed by atoms with E-state index >= 15 is 0 Å². The number of amides is 1. The molecule has 1 aromatic heterocycles. The summed E-state index contributed by atoms with van der Waals surface area (Å²) in [5.74, 6) is 5.19. The van der Waals surface area contributed by atoms with Gasteiger partial charge in [0.1, 0.15) is 0 Å². The van der Waals surface area contributed by atoms with Crippen molar-refractivity contribution in [2.75, 3.05) is 7.05 Å². The zero-order chi connectivity index (χ0) is 12.6. The number of likely N-dealkylation sites (N-methyl/N-ethyl adjacent to an activating group) is 1. The van der Waals surface area contributed by atoms with Crippen LogP contribution in [-0.2, 0) is 11.8 Å². The molecule has 1 aromatic carbocycles. The highest BCUT2D eigenvalue weighted by Gasteiger charge is 2.21. The van der Waals surface area contributed by atoms with Gasteiger partial charge in [0.25, 0.3) is 0 Å². The van der Waals surface area contributed by atoms with Crippen molar-refractivity contribution in [3.63, 3.8) is 0 Å². The van der Waals surface area contributed by atoms with E-state index in [1.807, 2.05) is 49.0 Å². The van der Waals surface area contributed by atoms with Crippen LogP contribution in [-0.4, -0.2) is 22.5 Å². The largest absolute Gasteiger partial charge is 0.350 e. The molecule has 0 bridgehead atoms. The highest BCUT2D eigenvalue weighted by Crippen LogP contribution is 2.27. The third-order valence-electron chi connectivity index (χ3n) is 3.11. The third-order valence-corrected chi connectivity index (χ3v) is 3.11. The number of rotatable bonds is 2. The molecule has 1 heterocycles. The minimum Gasteiger partial charge on any atom is -0.350 e.